The molecule has 1 aromatic carbocycles. The quantitative estimate of drug-likeness (QED) is 0.771. The summed E-state index contributed by atoms with van der Waals surface area (Å²) in [5.41, 5.74) is 4.26. The normalized spacial score (nSPS) is 15.8. The maximum Gasteiger partial charge on any atom is 0.240 e. The molecule has 1 aliphatic rings. The molecule has 0 radical (unpaired) electrons. The summed E-state index contributed by atoms with van der Waals surface area (Å²) in [6.45, 7) is 0.223. The molecule has 0 spiro atoms. The third kappa shape index (κ3) is 1.69. The van der Waals surface area contributed by atoms with Crippen LogP contribution in [-0.4, -0.2) is 12.5 Å². The molecule has 4 heteroatoms. The predicted molar refractivity (Wildman–Crippen MR) is 51.4 cm³/mol. The summed E-state index contributed by atoms with van der Waals surface area (Å²) in [7, 11) is 0. The molecule has 0 aliphatic carbocycles. The van der Waals surface area contributed by atoms with Crippen LogP contribution in [0.15, 0.2) is 24.3 Å². The molecule has 1 saturated heterocycles. The number of carbonyl (C=O) groups excluding carboxylic acids is 1. The number of nitrogens with zero attached hydrogens (tertiary/aromatic N) is 1. The van der Waals surface area contributed by atoms with Crippen LogP contribution in [0.4, 0.5) is 10.1 Å². The molecular formula is C10H11FN2O. The van der Waals surface area contributed by atoms with Crippen molar-refractivity contribution in [1.29, 1.82) is 0 Å². The van der Waals surface area contributed by atoms with Crippen molar-refractivity contribution in [3.63, 3.8) is 0 Å². The molecule has 1 heterocycles. The van der Waals surface area contributed by atoms with Crippen LogP contribution in [0.25, 0.3) is 0 Å². The van der Waals surface area contributed by atoms with E-state index in [1.165, 1.54) is 0 Å². The Morgan fingerprint density at radius 2 is 2.07 bits per heavy atom. The highest BCUT2D eigenvalue weighted by molar-refractivity contribution is 5.81. The van der Waals surface area contributed by atoms with Crippen molar-refractivity contribution in [1.82, 2.24) is 5.43 Å². The van der Waals surface area contributed by atoms with Crippen molar-refractivity contribution in [3.8, 4) is 0 Å². The van der Waals surface area contributed by atoms with E-state index in [4.69, 9.17) is 0 Å². The Morgan fingerprint density at radius 1 is 1.36 bits per heavy atom. The summed E-state index contributed by atoms with van der Waals surface area (Å²) in [6.07, 6.45) is 0.519. The Balaban J connectivity index is 2.13. The average Bonchev–Trinajstić information content (AvgIpc) is 2.65. The number of rotatable bonds is 2. The monoisotopic (exact) mass is 194 g/mol. The number of alkyl halides is 1. The number of benzene rings is 1. The second kappa shape index (κ2) is 3.65. The minimum atomic E-state index is -0.452. The van der Waals surface area contributed by atoms with Gasteiger partial charge in [0.15, 0.2) is 0 Å². The third-order valence-corrected chi connectivity index (χ3v) is 2.22. The smallest absolute Gasteiger partial charge is 0.240 e. The van der Waals surface area contributed by atoms with Gasteiger partial charge in [0.1, 0.15) is 6.67 Å². The summed E-state index contributed by atoms with van der Waals surface area (Å²) in [5, 5.41) is 1.77. The highest BCUT2D eigenvalue weighted by atomic mass is 19.1. The van der Waals surface area contributed by atoms with Gasteiger partial charge in [-0.05, 0) is 17.7 Å². The molecule has 74 valence electrons. The predicted octanol–water partition coefficient (Wildman–Crippen LogP) is 1.40. The lowest BCUT2D eigenvalue weighted by Gasteiger charge is -2.17. The van der Waals surface area contributed by atoms with Crippen molar-refractivity contribution in [2.45, 2.75) is 13.1 Å². The highest BCUT2D eigenvalue weighted by Crippen LogP contribution is 2.16. The van der Waals surface area contributed by atoms with Crippen LogP contribution in [-0.2, 0) is 11.5 Å². The molecule has 0 bridgehead atoms. The van der Waals surface area contributed by atoms with Crippen molar-refractivity contribution in [2.75, 3.05) is 11.6 Å². The fraction of sp³-hybridized carbons (Fsp3) is 0.300. The first-order valence-corrected chi connectivity index (χ1v) is 4.51. The van der Waals surface area contributed by atoms with Crippen LogP contribution < -0.4 is 10.4 Å². The Labute approximate surface area is 81.5 Å². The first kappa shape index (κ1) is 8.99. The molecule has 0 aromatic heterocycles. The Morgan fingerprint density at radius 3 is 2.57 bits per heavy atom. The summed E-state index contributed by atoms with van der Waals surface area (Å²) in [5.74, 6) is 0.0274. The van der Waals surface area contributed by atoms with Crippen molar-refractivity contribution >= 4 is 11.6 Å². The number of halogens is 1. The van der Waals surface area contributed by atoms with E-state index in [1.54, 1.807) is 29.3 Å². The highest BCUT2D eigenvalue weighted by Gasteiger charge is 2.17. The standard InChI is InChI=1S/C10H11FN2O/c11-7-8-1-3-9(4-2-8)13-6-5-10(14)12-13/h1-4H,5-7H2,(H,12,14). The van der Waals surface area contributed by atoms with Crippen LogP contribution in [0, 0.1) is 0 Å². The zero-order valence-electron chi connectivity index (χ0n) is 7.66. The molecule has 1 aromatic rings. The summed E-state index contributed by atoms with van der Waals surface area (Å²) in [4.78, 5) is 10.9. The third-order valence-electron chi connectivity index (χ3n) is 2.22. The second-order valence-corrected chi connectivity index (χ2v) is 3.24. The molecule has 1 amide bonds. The van der Waals surface area contributed by atoms with Gasteiger partial charge in [0.25, 0.3) is 0 Å². The molecule has 2 rings (SSSR count). The Bertz CT molecular complexity index is 336. The number of hydrazine groups is 1. The SMILES string of the molecule is O=C1CCN(c2ccc(CF)cc2)N1. The van der Waals surface area contributed by atoms with Gasteiger partial charge in [0.2, 0.25) is 5.91 Å². The first-order valence-electron chi connectivity index (χ1n) is 4.51. The lowest BCUT2D eigenvalue weighted by atomic mass is 10.2. The van der Waals surface area contributed by atoms with E-state index < -0.39 is 6.67 Å². The van der Waals surface area contributed by atoms with Gasteiger partial charge in [0, 0.05) is 13.0 Å². The van der Waals surface area contributed by atoms with E-state index in [1.807, 2.05) is 0 Å². The lowest BCUT2D eigenvalue weighted by molar-refractivity contribution is -0.119. The second-order valence-electron chi connectivity index (χ2n) is 3.24. The molecule has 0 saturated carbocycles. The molecule has 1 N–H and O–H groups in total. The molecule has 1 fully saturated rings. The fourth-order valence-corrected chi connectivity index (χ4v) is 1.43. The van der Waals surface area contributed by atoms with E-state index in [0.717, 1.165) is 5.69 Å². The van der Waals surface area contributed by atoms with Gasteiger partial charge in [0.05, 0.1) is 5.69 Å². The van der Waals surface area contributed by atoms with Crippen LogP contribution in [0.3, 0.4) is 0 Å². The van der Waals surface area contributed by atoms with E-state index >= 15 is 0 Å². The minimum absolute atomic E-state index is 0.0274. The number of hydrogen-bond donors (Lipinski definition) is 1. The average molecular weight is 194 g/mol. The van der Waals surface area contributed by atoms with Gasteiger partial charge >= 0.3 is 0 Å². The minimum Gasteiger partial charge on any atom is -0.285 e. The van der Waals surface area contributed by atoms with E-state index in [-0.39, 0.29) is 5.91 Å². The van der Waals surface area contributed by atoms with Gasteiger partial charge in [-0.2, -0.15) is 0 Å². The topological polar surface area (TPSA) is 32.3 Å². The fourth-order valence-electron chi connectivity index (χ4n) is 1.43. The molecule has 0 unspecified atom stereocenters. The summed E-state index contributed by atoms with van der Waals surface area (Å²) >= 11 is 0. The van der Waals surface area contributed by atoms with Gasteiger partial charge < -0.3 is 0 Å². The lowest BCUT2D eigenvalue weighted by Crippen LogP contribution is -2.32. The molecule has 3 nitrogen and oxygen atoms in total. The van der Waals surface area contributed by atoms with Crippen LogP contribution in [0.5, 0.6) is 0 Å². The van der Waals surface area contributed by atoms with Gasteiger partial charge in [-0.1, -0.05) is 12.1 Å². The van der Waals surface area contributed by atoms with Crippen LogP contribution >= 0.6 is 0 Å². The summed E-state index contributed by atoms with van der Waals surface area (Å²) < 4.78 is 12.2. The molecular weight excluding hydrogens is 183 g/mol. The zero-order valence-corrected chi connectivity index (χ0v) is 7.66. The zero-order chi connectivity index (χ0) is 9.97. The van der Waals surface area contributed by atoms with Gasteiger partial charge in [-0.3, -0.25) is 15.2 Å². The number of hydrogen-bond acceptors (Lipinski definition) is 2. The molecule has 0 atom stereocenters. The van der Waals surface area contributed by atoms with Crippen LogP contribution in [0.1, 0.15) is 12.0 Å². The summed E-state index contributed by atoms with van der Waals surface area (Å²) in [6, 6.07) is 7.06. The maximum atomic E-state index is 12.2. The van der Waals surface area contributed by atoms with E-state index in [2.05, 4.69) is 5.43 Å². The Kier molecular flexibility index (Phi) is 2.35. The van der Waals surface area contributed by atoms with Gasteiger partial charge in [-0.25, -0.2) is 4.39 Å². The van der Waals surface area contributed by atoms with E-state index in [9.17, 15) is 9.18 Å². The molecule has 1 aliphatic heterocycles. The number of nitrogens with one attached hydrogen (secondary N) is 1. The first-order chi connectivity index (χ1) is 6.79. The number of amides is 1. The van der Waals surface area contributed by atoms with Crippen molar-refractivity contribution in [2.24, 2.45) is 0 Å². The van der Waals surface area contributed by atoms with Crippen LogP contribution in [0.2, 0.25) is 0 Å². The van der Waals surface area contributed by atoms with Gasteiger partial charge in [-0.15, -0.1) is 0 Å². The van der Waals surface area contributed by atoms with E-state index in [0.29, 0.717) is 18.5 Å². The number of carbonyl (C=O) groups is 1. The van der Waals surface area contributed by atoms with Crippen molar-refractivity contribution < 1.29 is 9.18 Å². The largest absolute Gasteiger partial charge is 0.285 e. The maximum absolute atomic E-state index is 12.2. The number of anilines is 1. The Hall–Kier alpha value is -1.58. The van der Waals surface area contributed by atoms with Crippen molar-refractivity contribution in [3.05, 3.63) is 29.8 Å². The molecule has 14 heavy (non-hydrogen) atoms.